The first-order valence-corrected chi connectivity index (χ1v) is 9.12. The third-order valence-electron chi connectivity index (χ3n) is 3.16. The maximum absolute atomic E-state index is 11.8. The van der Waals surface area contributed by atoms with E-state index in [1.807, 2.05) is 0 Å². The molecule has 1 aliphatic heterocycles. The van der Waals surface area contributed by atoms with Gasteiger partial charge in [-0.25, -0.2) is 8.42 Å². The molecule has 0 radical (unpaired) electrons. The monoisotopic (exact) mass is 285 g/mol. The third kappa shape index (κ3) is 4.20. The van der Waals surface area contributed by atoms with E-state index in [0.29, 0.717) is 25.9 Å². The minimum absolute atomic E-state index is 0.0775. The second kappa shape index (κ2) is 5.21. The molecule has 0 saturated carbocycles. The van der Waals surface area contributed by atoms with Gasteiger partial charge in [-0.3, -0.25) is 4.18 Å². The van der Waals surface area contributed by atoms with Crippen LogP contribution < -0.4 is 5.32 Å². The van der Waals surface area contributed by atoms with Crippen molar-refractivity contribution in [2.24, 2.45) is 0 Å². The Kier molecular flexibility index (Phi) is 4.56. The predicted octanol–water partition coefficient (Wildman–Crippen LogP) is -0.480. The second-order valence-corrected chi connectivity index (χ2v) is 8.54. The quantitative estimate of drug-likeness (QED) is 0.686. The highest BCUT2D eigenvalue weighted by atomic mass is 32.2. The van der Waals surface area contributed by atoms with E-state index in [0.717, 1.165) is 6.26 Å². The van der Waals surface area contributed by atoms with Crippen LogP contribution in [0.2, 0.25) is 0 Å². The predicted molar refractivity (Wildman–Crippen MR) is 65.1 cm³/mol. The molecule has 1 aliphatic rings. The zero-order chi connectivity index (χ0) is 13.2. The minimum Gasteiger partial charge on any atom is -0.317 e. The van der Waals surface area contributed by atoms with Crippen molar-refractivity contribution < 1.29 is 21.0 Å². The average Bonchev–Trinajstić information content (AvgIpc) is 2.15. The highest BCUT2D eigenvalue weighted by molar-refractivity contribution is 7.92. The number of rotatable bonds is 5. The van der Waals surface area contributed by atoms with Crippen molar-refractivity contribution in [1.29, 1.82) is 0 Å². The fourth-order valence-electron chi connectivity index (χ4n) is 2.07. The Morgan fingerprint density at radius 2 is 1.65 bits per heavy atom. The number of nitrogens with one attached hydrogen (secondary N) is 1. The SMILES string of the molecule is CS(=O)(=O)OCCC1(S(C)(=O)=O)CCNCC1. The van der Waals surface area contributed by atoms with Crippen LogP contribution in [0, 0.1) is 0 Å². The highest BCUT2D eigenvalue weighted by Crippen LogP contribution is 2.31. The average molecular weight is 285 g/mol. The van der Waals surface area contributed by atoms with Crippen LogP contribution in [0.4, 0.5) is 0 Å². The lowest BCUT2D eigenvalue weighted by atomic mass is 9.94. The van der Waals surface area contributed by atoms with E-state index in [4.69, 9.17) is 0 Å². The second-order valence-electron chi connectivity index (χ2n) is 4.48. The van der Waals surface area contributed by atoms with Crippen LogP contribution in [0.1, 0.15) is 19.3 Å². The third-order valence-corrected chi connectivity index (χ3v) is 5.94. The molecule has 1 saturated heterocycles. The summed E-state index contributed by atoms with van der Waals surface area (Å²) < 4.78 is 49.1. The molecular weight excluding hydrogens is 266 g/mol. The Labute approximate surface area is 103 Å². The molecule has 0 spiro atoms. The Hall–Kier alpha value is -0.180. The van der Waals surface area contributed by atoms with Crippen LogP contribution in [0.25, 0.3) is 0 Å². The fourth-order valence-corrected chi connectivity index (χ4v) is 3.85. The first-order chi connectivity index (χ1) is 7.66. The van der Waals surface area contributed by atoms with Crippen molar-refractivity contribution in [3.8, 4) is 0 Å². The molecule has 8 heteroatoms. The lowest BCUT2D eigenvalue weighted by Gasteiger charge is -2.35. The van der Waals surface area contributed by atoms with Crippen LogP contribution in [0.3, 0.4) is 0 Å². The van der Waals surface area contributed by atoms with E-state index >= 15 is 0 Å². The Balaban J connectivity index is 2.72. The first kappa shape index (κ1) is 14.9. The fraction of sp³-hybridized carbons (Fsp3) is 1.00. The summed E-state index contributed by atoms with van der Waals surface area (Å²) in [7, 11) is -6.73. The van der Waals surface area contributed by atoms with E-state index in [-0.39, 0.29) is 13.0 Å². The molecule has 102 valence electrons. The molecule has 1 fully saturated rings. The van der Waals surface area contributed by atoms with Gasteiger partial charge in [0.1, 0.15) is 0 Å². The Bertz CT molecular complexity index is 448. The summed E-state index contributed by atoms with van der Waals surface area (Å²) >= 11 is 0. The van der Waals surface area contributed by atoms with Crippen molar-refractivity contribution in [3.05, 3.63) is 0 Å². The summed E-state index contributed by atoms with van der Waals surface area (Å²) in [5.41, 5.74) is 0. The molecule has 6 nitrogen and oxygen atoms in total. The summed E-state index contributed by atoms with van der Waals surface area (Å²) in [6, 6.07) is 0. The van der Waals surface area contributed by atoms with Gasteiger partial charge in [-0.15, -0.1) is 0 Å². The van der Waals surface area contributed by atoms with Crippen molar-refractivity contribution in [2.75, 3.05) is 32.2 Å². The van der Waals surface area contributed by atoms with Gasteiger partial charge >= 0.3 is 0 Å². The van der Waals surface area contributed by atoms with Crippen molar-refractivity contribution in [3.63, 3.8) is 0 Å². The van der Waals surface area contributed by atoms with Crippen molar-refractivity contribution in [1.82, 2.24) is 5.32 Å². The van der Waals surface area contributed by atoms with E-state index < -0.39 is 24.7 Å². The molecule has 0 aromatic rings. The molecule has 0 aliphatic carbocycles. The first-order valence-electron chi connectivity index (χ1n) is 5.41. The lowest BCUT2D eigenvalue weighted by Crippen LogP contribution is -2.48. The van der Waals surface area contributed by atoms with E-state index in [2.05, 4.69) is 9.50 Å². The summed E-state index contributed by atoms with van der Waals surface area (Å²) in [6.45, 7) is 1.18. The molecule has 0 unspecified atom stereocenters. The normalized spacial score (nSPS) is 21.3. The largest absolute Gasteiger partial charge is 0.317 e. The van der Waals surface area contributed by atoms with E-state index in [1.54, 1.807) is 0 Å². The molecule has 0 amide bonds. The van der Waals surface area contributed by atoms with E-state index in [9.17, 15) is 16.8 Å². The van der Waals surface area contributed by atoms with E-state index in [1.165, 1.54) is 6.26 Å². The van der Waals surface area contributed by atoms with Gasteiger partial charge in [-0.2, -0.15) is 8.42 Å². The topological polar surface area (TPSA) is 89.5 Å². The lowest BCUT2D eigenvalue weighted by molar-refractivity contribution is 0.268. The zero-order valence-corrected chi connectivity index (χ0v) is 11.7. The summed E-state index contributed by atoms with van der Waals surface area (Å²) in [5, 5.41) is 3.09. The number of hydrogen-bond acceptors (Lipinski definition) is 6. The summed E-state index contributed by atoms with van der Waals surface area (Å²) in [6.07, 6.45) is 3.39. The van der Waals surface area contributed by atoms with Crippen LogP contribution in [0.15, 0.2) is 0 Å². The van der Waals surface area contributed by atoms with Gasteiger partial charge in [0, 0.05) is 6.26 Å². The molecule has 0 aromatic heterocycles. The van der Waals surface area contributed by atoms with Gasteiger partial charge in [-0.1, -0.05) is 0 Å². The van der Waals surface area contributed by atoms with Gasteiger partial charge < -0.3 is 5.32 Å². The molecule has 1 rings (SSSR count). The summed E-state index contributed by atoms with van der Waals surface area (Å²) in [5.74, 6) is 0. The van der Waals surface area contributed by atoms with Crippen LogP contribution in [-0.2, 0) is 24.1 Å². The molecule has 1 heterocycles. The van der Waals surface area contributed by atoms with Gasteiger partial charge in [-0.05, 0) is 32.4 Å². The molecule has 0 aromatic carbocycles. The smallest absolute Gasteiger partial charge is 0.264 e. The molecule has 17 heavy (non-hydrogen) atoms. The van der Waals surface area contributed by atoms with Gasteiger partial charge in [0.15, 0.2) is 9.84 Å². The highest BCUT2D eigenvalue weighted by Gasteiger charge is 2.41. The van der Waals surface area contributed by atoms with Crippen molar-refractivity contribution in [2.45, 2.75) is 24.0 Å². The molecule has 0 atom stereocenters. The van der Waals surface area contributed by atoms with Gasteiger partial charge in [0.2, 0.25) is 0 Å². The van der Waals surface area contributed by atoms with Crippen LogP contribution in [0.5, 0.6) is 0 Å². The minimum atomic E-state index is -3.51. The van der Waals surface area contributed by atoms with Gasteiger partial charge in [0.05, 0.1) is 17.6 Å². The number of piperidine rings is 1. The van der Waals surface area contributed by atoms with Crippen molar-refractivity contribution >= 4 is 20.0 Å². The van der Waals surface area contributed by atoms with Gasteiger partial charge in [0.25, 0.3) is 10.1 Å². The zero-order valence-electron chi connectivity index (χ0n) is 10.1. The molecule has 0 bridgehead atoms. The standard InChI is InChI=1S/C9H19NO5S2/c1-16(11,12)9(3-6-10-7-4-9)5-8-15-17(2,13)14/h10H,3-8H2,1-2H3. The number of hydrogen-bond donors (Lipinski definition) is 1. The van der Waals surface area contributed by atoms with Crippen LogP contribution in [-0.4, -0.2) is 53.8 Å². The van der Waals surface area contributed by atoms with Crippen LogP contribution >= 0.6 is 0 Å². The maximum atomic E-state index is 11.8. The Morgan fingerprint density at radius 3 is 2.06 bits per heavy atom. The molecular formula is C9H19NO5S2. The maximum Gasteiger partial charge on any atom is 0.264 e. The molecule has 1 N–H and O–H groups in total. The Morgan fingerprint density at radius 1 is 1.12 bits per heavy atom. The number of sulfone groups is 1. The summed E-state index contributed by atoms with van der Waals surface area (Å²) in [4.78, 5) is 0.